The molecule has 3 amide bonds. The van der Waals surface area contributed by atoms with E-state index in [0.29, 0.717) is 0 Å². The maximum atomic E-state index is 12.1. The van der Waals surface area contributed by atoms with E-state index in [0.717, 1.165) is 35.9 Å². The Balaban J connectivity index is 3.00. The number of carbonyl (C=O) groups excluding carboxylic acids is 2. The Bertz CT molecular complexity index is 540. The first-order chi connectivity index (χ1) is 10.3. The number of unbranched alkanes of at least 4 members (excludes halogenated alkanes) is 1. The van der Waals surface area contributed by atoms with Gasteiger partial charge in [-0.1, -0.05) is 39.0 Å². The molecule has 0 aromatic carbocycles. The number of aromatic nitrogens is 2. The van der Waals surface area contributed by atoms with Crippen molar-refractivity contribution in [3.63, 3.8) is 0 Å². The molecule has 0 radical (unpaired) electrons. The molecule has 3 N–H and O–H groups in total. The fourth-order valence-corrected chi connectivity index (χ4v) is 3.30. The van der Waals surface area contributed by atoms with Gasteiger partial charge in [0, 0.05) is 12.2 Å². The van der Waals surface area contributed by atoms with Gasteiger partial charge in [-0.2, -0.15) is 0 Å². The summed E-state index contributed by atoms with van der Waals surface area (Å²) >= 11 is 1.39. The molecule has 0 aliphatic rings. The lowest BCUT2D eigenvalue weighted by atomic mass is 10.1. The number of hydrogen-bond donors (Lipinski definition) is 2. The van der Waals surface area contributed by atoms with Gasteiger partial charge in [-0.3, -0.25) is 10.1 Å². The maximum Gasteiger partial charge on any atom is 0.318 e. The smallest absolute Gasteiger partial charge is 0.318 e. The molecule has 1 aromatic rings. The zero-order valence-electron chi connectivity index (χ0n) is 14.0. The molecule has 124 valence electrons. The Labute approximate surface area is 136 Å². The highest BCUT2D eigenvalue weighted by atomic mass is 32.2. The van der Waals surface area contributed by atoms with Crippen LogP contribution in [-0.4, -0.2) is 26.7 Å². The molecular formula is C15H26N4O2S. The number of hydrogen-bond acceptors (Lipinski definition) is 4. The molecule has 0 spiro atoms. The predicted molar refractivity (Wildman–Crippen MR) is 88.8 cm³/mol. The van der Waals surface area contributed by atoms with Crippen LogP contribution in [0.5, 0.6) is 0 Å². The number of nitrogens with one attached hydrogen (secondary N) is 1. The lowest BCUT2D eigenvalue weighted by molar-refractivity contribution is -0.120. The molecule has 0 fully saturated rings. The minimum absolute atomic E-state index is 0.0567. The second-order valence-corrected chi connectivity index (χ2v) is 6.82. The minimum atomic E-state index is -0.821. The summed E-state index contributed by atoms with van der Waals surface area (Å²) in [4.78, 5) is 27.6. The number of aryl methyl sites for hydroxylation is 1. The molecule has 6 nitrogen and oxygen atoms in total. The fraction of sp³-hybridized carbons (Fsp3) is 0.667. The summed E-state index contributed by atoms with van der Waals surface area (Å²) in [6, 6.07) is -0.821. The van der Waals surface area contributed by atoms with Gasteiger partial charge >= 0.3 is 6.03 Å². The number of imidazole rings is 1. The van der Waals surface area contributed by atoms with E-state index in [1.807, 2.05) is 27.7 Å². The fourth-order valence-electron chi connectivity index (χ4n) is 2.09. The van der Waals surface area contributed by atoms with E-state index in [1.165, 1.54) is 11.8 Å². The number of rotatable bonds is 7. The van der Waals surface area contributed by atoms with Crippen molar-refractivity contribution in [3.8, 4) is 0 Å². The van der Waals surface area contributed by atoms with Crippen molar-refractivity contribution in [2.75, 3.05) is 0 Å². The number of urea groups is 1. The number of thioether (sulfide) groups is 1. The Morgan fingerprint density at radius 1 is 1.36 bits per heavy atom. The Hall–Kier alpha value is -1.50. The van der Waals surface area contributed by atoms with E-state index in [9.17, 15) is 9.59 Å². The molecule has 1 aromatic heterocycles. The van der Waals surface area contributed by atoms with Crippen molar-refractivity contribution in [1.82, 2.24) is 14.9 Å². The van der Waals surface area contributed by atoms with Crippen molar-refractivity contribution >= 4 is 23.7 Å². The van der Waals surface area contributed by atoms with Crippen LogP contribution >= 0.6 is 11.8 Å². The SMILES string of the molecule is CCCCn1c(S[C@H](C(=O)NC(N)=O)C(C)C)nc(C)c1C. The van der Waals surface area contributed by atoms with E-state index in [2.05, 4.69) is 21.8 Å². The zero-order chi connectivity index (χ0) is 16.9. The van der Waals surface area contributed by atoms with E-state index in [-0.39, 0.29) is 11.8 Å². The number of primary amides is 1. The minimum Gasteiger partial charge on any atom is -0.351 e. The molecule has 0 aliphatic carbocycles. The zero-order valence-corrected chi connectivity index (χ0v) is 14.8. The summed E-state index contributed by atoms with van der Waals surface area (Å²) in [7, 11) is 0. The first-order valence-electron chi connectivity index (χ1n) is 7.58. The third-order valence-corrected chi connectivity index (χ3v) is 5.04. The van der Waals surface area contributed by atoms with Crippen LogP contribution in [0, 0.1) is 19.8 Å². The lowest BCUT2D eigenvalue weighted by Gasteiger charge is -2.19. The van der Waals surface area contributed by atoms with E-state index in [1.54, 1.807) is 0 Å². The summed E-state index contributed by atoms with van der Waals surface area (Å²) < 4.78 is 2.15. The second-order valence-electron chi connectivity index (χ2n) is 5.71. The quantitative estimate of drug-likeness (QED) is 0.754. The van der Waals surface area contributed by atoms with Gasteiger partial charge in [-0.15, -0.1) is 0 Å². The van der Waals surface area contributed by atoms with Crippen LogP contribution < -0.4 is 11.1 Å². The molecule has 1 heterocycles. The van der Waals surface area contributed by atoms with Gasteiger partial charge < -0.3 is 10.3 Å². The average molecular weight is 326 g/mol. The van der Waals surface area contributed by atoms with Crippen LogP contribution in [0.4, 0.5) is 4.79 Å². The lowest BCUT2D eigenvalue weighted by Crippen LogP contribution is -2.42. The highest BCUT2D eigenvalue weighted by Gasteiger charge is 2.27. The van der Waals surface area contributed by atoms with Crippen LogP contribution in [0.2, 0.25) is 0 Å². The van der Waals surface area contributed by atoms with Crippen LogP contribution in [0.15, 0.2) is 5.16 Å². The van der Waals surface area contributed by atoms with Crippen molar-refractivity contribution in [1.29, 1.82) is 0 Å². The molecular weight excluding hydrogens is 300 g/mol. The number of nitrogens with two attached hydrogens (primary N) is 1. The average Bonchev–Trinajstić information content (AvgIpc) is 2.67. The predicted octanol–water partition coefficient (Wildman–Crippen LogP) is 2.61. The van der Waals surface area contributed by atoms with Gasteiger partial charge in [-0.05, 0) is 26.2 Å². The Morgan fingerprint density at radius 3 is 2.50 bits per heavy atom. The first kappa shape index (κ1) is 18.5. The largest absolute Gasteiger partial charge is 0.351 e. The summed E-state index contributed by atoms with van der Waals surface area (Å²) in [6.45, 7) is 10.9. The molecule has 0 bridgehead atoms. The van der Waals surface area contributed by atoms with Crippen molar-refractivity contribution in [2.24, 2.45) is 11.7 Å². The highest BCUT2D eigenvalue weighted by molar-refractivity contribution is 8.00. The van der Waals surface area contributed by atoms with Gasteiger partial charge in [0.15, 0.2) is 5.16 Å². The molecule has 7 heteroatoms. The molecule has 0 saturated carbocycles. The molecule has 0 saturated heterocycles. The third-order valence-electron chi connectivity index (χ3n) is 3.50. The van der Waals surface area contributed by atoms with Gasteiger partial charge in [-0.25, -0.2) is 9.78 Å². The van der Waals surface area contributed by atoms with Gasteiger partial charge in [0.1, 0.15) is 0 Å². The van der Waals surface area contributed by atoms with Crippen molar-refractivity contribution < 1.29 is 9.59 Å². The standard InChI is InChI=1S/C15H26N4O2S/c1-6-7-8-19-11(5)10(4)17-15(19)22-12(9(2)3)13(20)18-14(16)21/h9,12H,6-8H2,1-5H3,(H3,16,18,20,21)/t12-/m0/s1. The number of imide groups is 1. The van der Waals surface area contributed by atoms with E-state index >= 15 is 0 Å². The van der Waals surface area contributed by atoms with E-state index in [4.69, 9.17) is 5.73 Å². The van der Waals surface area contributed by atoms with Crippen molar-refractivity contribution in [2.45, 2.75) is 64.4 Å². The second kappa shape index (κ2) is 8.22. The first-order valence-corrected chi connectivity index (χ1v) is 8.46. The van der Waals surface area contributed by atoms with Gasteiger partial charge in [0.25, 0.3) is 0 Å². The van der Waals surface area contributed by atoms with Gasteiger partial charge in [0.05, 0.1) is 10.9 Å². The van der Waals surface area contributed by atoms with Crippen LogP contribution in [0.3, 0.4) is 0 Å². The van der Waals surface area contributed by atoms with Crippen LogP contribution in [-0.2, 0) is 11.3 Å². The Kier molecular flexibility index (Phi) is 6.93. The number of nitrogens with zero attached hydrogens (tertiary/aromatic N) is 2. The molecule has 1 rings (SSSR count). The monoisotopic (exact) mass is 326 g/mol. The Morgan fingerprint density at radius 2 is 2.00 bits per heavy atom. The molecule has 1 atom stereocenters. The topological polar surface area (TPSA) is 90.0 Å². The highest BCUT2D eigenvalue weighted by Crippen LogP contribution is 2.29. The number of carbonyl (C=O) groups is 2. The summed E-state index contributed by atoms with van der Waals surface area (Å²) in [5, 5.41) is 2.58. The van der Waals surface area contributed by atoms with E-state index < -0.39 is 11.3 Å². The number of amides is 3. The third kappa shape index (κ3) is 4.76. The van der Waals surface area contributed by atoms with Crippen LogP contribution in [0.25, 0.3) is 0 Å². The van der Waals surface area contributed by atoms with Crippen molar-refractivity contribution in [3.05, 3.63) is 11.4 Å². The maximum absolute atomic E-state index is 12.1. The van der Waals surface area contributed by atoms with Crippen LogP contribution in [0.1, 0.15) is 45.0 Å². The summed E-state index contributed by atoms with van der Waals surface area (Å²) in [5.41, 5.74) is 7.14. The summed E-state index contributed by atoms with van der Waals surface area (Å²) in [5.74, 6) is -0.311. The molecule has 0 unspecified atom stereocenters. The van der Waals surface area contributed by atoms with Gasteiger partial charge in [0.2, 0.25) is 5.91 Å². The normalized spacial score (nSPS) is 12.5. The molecule has 0 aliphatic heterocycles. The summed E-state index contributed by atoms with van der Waals surface area (Å²) in [6.07, 6.45) is 2.15. The molecule has 22 heavy (non-hydrogen) atoms.